The Morgan fingerprint density at radius 1 is 1.09 bits per heavy atom. The third-order valence-corrected chi connectivity index (χ3v) is 7.26. The molecule has 0 spiro atoms. The van der Waals surface area contributed by atoms with Crippen molar-refractivity contribution in [3.05, 3.63) is 63.2 Å². The predicted molar refractivity (Wildman–Crippen MR) is 140 cm³/mol. The molecule has 0 radical (unpaired) electrons. The lowest BCUT2D eigenvalue weighted by Crippen LogP contribution is -2.52. The summed E-state index contributed by atoms with van der Waals surface area (Å²) in [5.41, 5.74) is 2.30. The van der Waals surface area contributed by atoms with Gasteiger partial charge in [0.2, 0.25) is 21.8 Å². The van der Waals surface area contributed by atoms with Crippen LogP contribution in [0.25, 0.3) is 0 Å². The van der Waals surface area contributed by atoms with E-state index in [1.54, 1.807) is 31.2 Å². The van der Waals surface area contributed by atoms with E-state index >= 15 is 0 Å². The van der Waals surface area contributed by atoms with Crippen LogP contribution in [0.4, 0.5) is 5.69 Å². The van der Waals surface area contributed by atoms with E-state index in [0.717, 1.165) is 31.7 Å². The lowest BCUT2D eigenvalue weighted by Gasteiger charge is -2.32. The molecule has 0 aromatic heterocycles. The molecule has 180 valence electrons. The Kier molecular flexibility index (Phi) is 9.71. The Balaban J connectivity index is 2.37. The molecule has 1 N–H and O–H groups in total. The molecule has 0 heterocycles. The van der Waals surface area contributed by atoms with Crippen molar-refractivity contribution in [2.24, 2.45) is 0 Å². The van der Waals surface area contributed by atoms with Gasteiger partial charge in [0.05, 0.1) is 11.9 Å². The molecular formula is C24H32IN3O4S. The van der Waals surface area contributed by atoms with E-state index < -0.39 is 28.5 Å². The van der Waals surface area contributed by atoms with Crippen LogP contribution in [0, 0.1) is 10.5 Å². The maximum atomic E-state index is 13.5. The van der Waals surface area contributed by atoms with Gasteiger partial charge in [-0.1, -0.05) is 36.8 Å². The fourth-order valence-electron chi connectivity index (χ4n) is 3.28. The molecule has 0 aliphatic carbocycles. The van der Waals surface area contributed by atoms with Gasteiger partial charge in [-0.2, -0.15) is 0 Å². The Morgan fingerprint density at radius 2 is 1.73 bits per heavy atom. The minimum atomic E-state index is -3.73. The summed E-state index contributed by atoms with van der Waals surface area (Å²) in [4.78, 5) is 27.8. The van der Waals surface area contributed by atoms with Crippen molar-refractivity contribution in [2.75, 3.05) is 17.1 Å². The standard InChI is InChI=1S/C24H32IN3O4S/c1-6-18(3)26-24(30)19(4)27(15-20-9-7-8-17(2)14-20)23(29)16-28(33(5,31)32)22-12-10-21(25)11-13-22/h7-14,18-19H,6,15-16H2,1-5H3,(H,26,30). The van der Waals surface area contributed by atoms with E-state index in [4.69, 9.17) is 0 Å². The first kappa shape index (κ1) is 27.1. The van der Waals surface area contributed by atoms with E-state index in [9.17, 15) is 18.0 Å². The number of hydrogen-bond acceptors (Lipinski definition) is 4. The summed E-state index contributed by atoms with van der Waals surface area (Å²) < 4.78 is 27.1. The molecule has 2 aromatic rings. The molecule has 0 bridgehead atoms. The third kappa shape index (κ3) is 7.99. The number of hydrogen-bond donors (Lipinski definition) is 1. The molecule has 0 fully saturated rings. The first-order valence-corrected chi connectivity index (χ1v) is 13.7. The number of sulfonamides is 1. The largest absolute Gasteiger partial charge is 0.352 e. The van der Waals surface area contributed by atoms with Crippen molar-refractivity contribution in [3.8, 4) is 0 Å². The van der Waals surface area contributed by atoms with Crippen LogP contribution >= 0.6 is 22.6 Å². The highest BCUT2D eigenvalue weighted by Crippen LogP contribution is 2.20. The quantitative estimate of drug-likeness (QED) is 0.431. The molecular weight excluding hydrogens is 553 g/mol. The maximum Gasteiger partial charge on any atom is 0.244 e. The van der Waals surface area contributed by atoms with Crippen LogP contribution in [0.5, 0.6) is 0 Å². The number of rotatable bonds is 10. The van der Waals surface area contributed by atoms with Gasteiger partial charge in [-0.05, 0) is 79.6 Å². The van der Waals surface area contributed by atoms with Crippen LogP contribution in [0.1, 0.15) is 38.3 Å². The van der Waals surface area contributed by atoms with Crippen molar-refractivity contribution >= 4 is 50.1 Å². The summed E-state index contributed by atoms with van der Waals surface area (Å²) in [5, 5.41) is 2.92. The zero-order valence-electron chi connectivity index (χ0n) is 19.7. The molecule has 2 rings (SSSR count). The first-order valence-electron chi connectivity index (χ1n) is 10.8. The first-order chi connectivity index (χ1) is 15.4. The van der Waals surface area contributed by atoms with E-state index in [-0.39, 0.29) is 18.5 Å². The Morgan fingerprint density at radius 3 is 2.27 bits per heavy atom. The molecule has 0 saturated carbocycles. The monoisotopic (exact) mass is 585 g/mol. The number of benzene rings is 2. The second-order valence-electron chi connectivity index (χ2n) is 8.25. The maximum absolute atomic E-state index is 13.5. The lowest BCUT2D eigenvalue weighted by atomic mass is 10.1. The van der Waals surface area contributed by atoms with E-state index in [1.165, 1.54) is 4.90 Å². The Labute approximate surface area is 210 Å². The highest BCUT2D eigenvalue weighted by Gasteiger charge is 2.30. The van der Waals surface area contributed by atoms with Crippen LogP contribution in [-0.2, 0) is 26.2 Å². The van der Waals surface area contributed by atoms with Crippen LogP contribution in [0.2, 0.25) is 0 Å². The molecule has 9 heteroatoms. The average molecular weight is 586 g/mol. The fraction of sp³-hybridized carbons (Fsp3) is 0.417. The van der Waals surface area contributed by atoms with Gasteiger partial charge >= 0.3 is 0 Å². The van der Waals surface area contributed by atoms with Crippen molar-refractivity contribution in [2.45, 2.75) is 52.7 Å². The van der Waals surface area contributed by atoms with Gasteiger partial charge in [0, 0.05) is 16.2 Å². The second-order valence-corrected chi connectivity index (χ2v) is 11.4. The van der Waals surface area contributed by atoms with E-state index in [0.29, 0.717) is 5.69 Å². The molecule has 33 heavy (non-hydrogen) atoms. The molecule has 2 atom stereocenters. The summed E-state index contributed by atoms with van der Waals surface area (Å²) >= 11 is 2.13. The average Bonchev–Trinajstić information content (AvgIpc) is 2.75. The Hall–Kier alpha value is -2.14. The van der Waals surface area contributed by atoms with Crippen LogP contribution in [-0.4, -0.2) is 50.0 Å². The molecule has 2 unspecified atom stereocenters. The van der Waals surface area contributed by atoms with Gasteiger partial charge in [0.1, 0.15) is 12.6 Å². The lowest BCUT2D eigenvalue weighted by molar-refractivity contribution is -0.139. The third-order valence-electron chi connectivity index (χ3n) is 5.40. The van der Waals surface area contributed by atoms with E-state index in [1.807, 2.05) is 45.0 Å². The van der Waals surface area contributed by atoms with Crippen LogP contribution in [0.3, 0.4) is 0 Å². The fourth-order valence-corrected chi connectivity index (χ4v) is 4.49. The normalized spacial score (nSPS) is 13.2. The van der Waals surface area contributed by atoms with E-state index in [2.05, 4.69) is 27.9 Å². The number of anilines is 1. The molecule has 7 nitrogen and oxygen atoms in total. The SMILES string of the molecule is CCC(C)NC(=O)C(C)N(Cc1cccc(C)c1)C(=O)CN(c1ccc(I)cc1)S(C)(=O)=O. The minimum absolute atomic E-state index is 0.0322. The highest BCUT2D eigenvalue weighted by atomic mass is 127. The van der Waals surface area contributed by atoms with Gasteiger partial charge < -0.3 is 10.2 Å². The molecule has 0 aliphatic rings. The topological polar surface area (TPSA) is 86.8 Å². The smallest absolute Gasteiger partial charge is 0.244 e. The van der Waals surface area contributed by atoms with Crippen molar-refractivity contribution < 1.29 is 18.0 Å². The van der Waals surface area contributed by atoms with Crippen molar-refractivity contribution in [1.29, 1.82) is 0 Å². The number of nitrogens with one attached hydrogen (secondary N) is 1. The molecule has 0 aliphatic heterocycles. The summed E-state index contributed by atoms with van der Waals surface area (Å²) in [6.45, 7) is 7.29. The number of halogens is 1. The molecule has 0 saturated heterocycles. The number of nitrogens with zero attached hydrogens (tertiary/aromatic N) is 2. The highest BCUT2D eigenvalue weighted by molar-refractivity contribution is 14.1. The number of amides is 2. The molecule has 2 aromatic carbocycles. The van der Waals surface area contributed by atoms with Gasteiger partial charge in [0.15, 0.2) is 0 Å². The van der Waals surface area contributed by atoms with Gasteiger partial charge in [-0.15, -0.1) is 0 Å². The van der Waals surface area contributed by atoms with Gasteiger partial charge in [0.25, 0.3) is 0 Å². The molecule has 2 amide bonds. The minimum Gasteiger partial charge on any atom is -0.352 e. The van der Waals surface area contributed by atoms with Gasteiger partial charge in [-0.3, -0.25) is 13.9 Å². The summed E-state index contributed by atoms with van der Waals surface area (Å²) in [7, 11) is -3.73. The second kappa shape index (κ2) is 11.8. The summed E-state index contributed by atoms with van der Waals surface area (Å²) in [6, 6.07) is 13.8. The summed E-state index contributed by atoms with van der Waals surface area (Å²) in [5.74, 6) is -0.724. The van der Waals surface area contributed by atoms with Gasteiger partial charge in [-0.25, -0.2) is 8.42 Å². The summed E-state index contributed by atoms with van der Waals surface area (Å²) in [6.07, 6.45) is 1.83. The van der Waals surface area contributed by atoms with Crippen LogP contribution < -0.4 is 9.62 Å². The predicted octanol–water partition coefficient (Wildman–Crippen LogP) is 3.70. The zero-order chi connectivity index (χ0) is 24.8. The van der Waals surface area contributed by atoms with Crippen molar-refractivity contribution in [1.82, 2.24) is 10.2 Å². The zero-order valence-corrected chi connectivity index (χ0v) is 22.7. The van der Waals surface area contributed by atoms with Crippen LogP contribution in [0.15, 0.2) is 48.5 Å². The van der Waals surface area contributed by atoms with Crippen molar-refractivity contribution in [3.63, 3.8) is 0 Å². The number of carbonyl (C=O) groups is 2. The number of aryl methyl sites for hydroxylation is 1. The Bertz CT molecular complexity index is 1070. The number of carbonyl (C=O) groups excluding carboxylic acids is 2.